The molecule has 1 aromatic heterocycles. The Morgan fingerprint density at radius 1 is 0.907 bits per heavy atom. The van der Waals surface area contributed by atoms with Gasteiger partial charge in [-0.3, -0.25) is 4.79 Å². The van der Waals surface area contributed by atoms with Crippen molar-refractivity contribution in [3.63, 3.8) is 0 Å². The molecule has 2 heterocycles. The molecule has 0 bridgehead atoms. The van der Waals surface area contributed by atoms with E-state index in [-0.39, 0.29) is 22.4 Å². The van der Waals surface area contributed by atoms with Gasteiger partial charge in [0.25, 0.3) is 15.9 Å². The van der Waals surface area contributed by atoms with E-state index in [0.29, 0.717) is 42.4 Å². The standard InChI is InChI=1S/C34H29FN4O3S/c1-22-2-6-24(7-3-22)30-19-33-31(18-29(30)25-8-4-23(20-36)5-9-25)32(34(40)38-16-14-27(37)15-17-38)21-39(33)43(41,42)28-12-10-26(35)11-13-28/h2-13,18-19,21,27H,14-17,37H2,1H3. The highest BCUT2D eigenvalue weighted by molar-refractivity contribution is 7.90. The van der Waals surface area contributed by atoms with E-state index in [1.807, 2.05) is 49.4 Å². The summed E-state index contributed by atoms with van der Waals surface area (Å²) < 4.78 is 42.8. The van der Waals surface area contributed by atoms with Crippen molar-refractivity contribution < 1.29 is 17.6 Å². The number of nitriles is 1. The molecule has 9 heteroatoms. The Labute approximate surface area is 249 Å². The molecular formula is C34H29FN4O3S. The van der Waals surface area contributed by atoms with E-state index in [1.165, 1.54) is 18.3 Å². The van der Waals surface area contributed by atoms with Gasteiger partial charge >= 0.3 is 0 Å². The highest BCUT2D eigenvalue weighted by Gasteiger charge is 2.29. The first-order valence-electron chi connectivity index (χ1n) is 14.0. The van der Waals surface area contributed by atoms with Gasteiger partial charge < -0.3 is 10.6 Å². The van der Waals surface area contributed by atoms with Crippen LogP contribution in [0.2, 0.25) is 0 Å². The fourth-order valence-electron chi connectivity index (χ4n) is 5.54. The van der Waals surface area contributed by atoms with Gasteiger partial charge in [-0.2, -0.15) is 5.26 Å². The molecule has 0 radical (unpaired) electrons. The number of aryl methyl sites for hydroxylation is 1. The van der Waals surface area contributed by atoms with Crippen LogP contribution in [0.15, 0.2) is 96.0 Å². The Kier molecular flexibility index (Phi) is 7.34. The molecule has 5 aromatic rings. The number of nitrogens with zero attached hydrogens (tertiary/aromatic N) is 3. The van der Waals surface area contributed by atoms with Gasteiger partial charge in [0.1, 0.15) is 5.82 Å². The third-order valence-corrected chi connectivity index (χ3v) is 9.71. The van der Waals surface area contributed by atoms with Gasteiger partial charge in [0, 0.05) is 30.7 Å². The van der Waals surface area contributed by atoms with Crippen LogP contribution in [0.3, 0.4) is 0 Å². The Balaban J connectivity index is 1.63. The van der Waals surface area contributed by atoms with Crippen molar-refractivity contribution in [1.29, 1.82) is 5.26 Å². The smallest absolute Gasteiger partial charge is 0.268 e. The van der Waals surface area contributed by atoms with E-state index in [4.69, 9.17) is 5.73 Å². The zero-order valence-corrected chi connectivity index (χ0v) is 24.3. The van der Waals surface area contributed by atoms with Crippen LogP contribution < -0.4 is 5.73 Å². The number of amides is 1. The number of benzene rings is 4. The summed E-state index contributed by atoms with van der Waals surface area (Å²) in [7, 11) is -4.20. The van der Waals surface area contributed by atoms with Crippen molar-refractivity contribution in [2.75, 3.05) is 13.1 Å². The second-order valence-corrected chi connectivity index (χ2v) is 12.7. The number of halogens is 1. The molecule has 0 aliphatic carbocycles. The molecule has 0 unspecified atom stereocenters. The van der Waals surface area contributed by atoms with E-state index in [1.54, 1.807) is 23.1 Å². The van der Waals surface area contributed by atoms with Crippen molar-refractivity contribution in [2.24, 2.45) is 5.73 Å². The third kappa shape index (κ3) is 5.31. The maximum atomic E-state index is 14.0. The molecule has 1 saturated heterocycles. The molecule has 0 saturated carbocycles. The van der Waals surface area contributed by atoms with E-state index in [2.05, 4.69) is 6.07 Å². The van der Waals surface area contributed by atoms with Crippen LogP contribution in [0, 0.1) is 24.1 Å². The lowest BCUT2D eigenvalue weighted by Crippen LogP contribution is -2.42. The summed E-state index contributed by atoms with van der Waals surface area (Å²) in [5, 5.41) is 9.82. The summed E-state index contributed by atoms with van der Waals surface area (Å²) in [5.41, 5.74) is 11.5. The normalized spacial score (nSPS) is 14.1. The van der Waals surface area contributed by atoms with Crippen molar-refractivity contribution in [3.05, 3.63) is 114 Å². The van der Waals surface area contributed by atoms with Crippen LogP contribution >= 0.6 is 0 Å². The number of carbonyl (C=O) groups is 1. The third-order valence-electron chi connectivity index (χ3n) is 8.03. The molecule has 0 atom stereocenters. The monoisotopic (exact) mass is 592 g/mol. The van der Waals surface area contributed by atoms with E-state index in [0.717, 1.165) is 43.9 Å². The molecule has 2 N–H and O–H groups in total. The minimum atomic E-state index is -4.20. The Hall–Kier alpha value is -4.78. The predicted molar refractivity (Wildman–Crippen MR) is 164 cm³/mol. The molecule has 43 heavy (non-hydrogen) atoms. The number of hydrogen-bond donors (Lipinski definition) is 1. The van der Waals surface area contributed by atoms with Crippen LogP contribution in [-0.2, 0) is 10.0 Å². The molecule has 6 rings (SSSR count). The quantitative estimate of drug-likeness (QED) is 0.266. The zero-order valence-electron chi connectivity index (χ0n) is 23.5. The van der Waals surface area contributed by atoms with Crippen molar-refractivity contribution in [2.45, 2.75) is 30.7 Å². The topological polar surface area (TPSA) is 109 Å². The van der Waals surface area contributed by atoms with E-state index in [9.17, 15) is 22.9 Å². The van der Waals surface area contributed by atoms with Gasteiger partial charge in [0.05, 0.1) is 27.6 Å². The zero-order chi connectivity index (χ0) is 30.3. The number of piperidine rings is 1. The maximum Gasteiger partial charge on any atom is 0.268 e. The number of hydrogen-bond acceptors (Lipinski definition) is 5. The van der Waals surface area contributed by atoms with Crippen LogP contribution in [-0.4, -0.2) is 42.3 Å². The minimum absolute atomic E-state index is 0.0179. The average molecular weight is 593 g/mol. The Morgan fingerprint density at radius 3 is 2.09 bits per heavy atom. The second-order valence-electron chi connectivity index (χ2n) is 10.9. The lowest BCUT2D eigenvalue weighted by molar-refractivity contribution is 0.0716. The van der Waals surface area contributed by atoms with E-state index >= 15 is 0 Å². The van der Waals surface area contributed by atoms with E-state index < -0.39 is 15.8 Å². The van der Waals surface area contributed by atoms with Gasteiger partial charge in [0.15, 0.2) is 0 Å². The van der Waals surface area contributed by atoms with Gasteiger partial charge in [-0.15, -0.1) is 0 Å². The molecular weight excluding hydrogens is 563 g/mol. The first-order chi connectivity index (χ1) is 20.7. The SMILES string of the molecule is Cc1ccc(-c2cc3c(cc2-c2ccc(C#N)cc2)c(C(=O)N2CCC(N)CC2)cn3S(=O)(=O)c2ccc(F)cc2)cc1. The number of nitrogens with two attached hydrogens (primary N) is 1. The number of rotatable bonds is 5. The van der Waals surface area contributed by atoms with Gasteiger partial charge in [-0.1, -0.05) is 42.0 Å². The molecule has 0 spiro atoms. The number of fused-ring (bicyclic) bond motifs is 1. The van der Waals surface area contributed by atoms with Crippen LogP contribution in [0.1, 0.15) is 34.3 Å². The van der Waals surface area contributed by atoms with Crippen LogP contribution in [0.4, 0.5) is 4.39 Å². The number of aromatic nitrogens is 1. The summed E-state index contributed by atoms with van der Waals surface area (Å²) in [4.78, 5) is 15.6. The molecule has 1 fully saturated rings. The number of likely N-dealkylation sites (tertiary alicyclic amines) is 1. The Bertz CT molecular complexity index is 1990. The fraction of sp³-hybridized carbons (Fsp3) is 0.176. The summed E-state index contributed by atoms with van der Waals surface area (Å²) in [6.07, 6.45) is 2.69. The predicted octanol–water partition coefficient (Wildman–Crippen LogP) is 6.09. The first kappa shape index (κ1) is 28.3. The summed E-state index contributed by atoms with van der Waals surface area (Å²) >= 11 is 0. The lowest BCUT2D eigenvalue weighted by atomic mass is 9.91. The fourth-order valence-corrected chi connectivity index (χ4v) is 6.90. The Morgan fingerprint density at radius 2 is 1.49 bits per heavy atom. The van der Waals surface area contributed by atoms with Crippen molar-refractivity contribution in [1.82, 2.24) is 8.87 Å². The highest BCUT2D eigenvalue weighted by atomic mass is 32.2. The van der Waals surface area contributed by atoms with Crippen molar-refractivity contribution >= 4 is 26.8 Å². The largest absolute Gasteiger partial charge is 0.338 e. The number of carbonyl (C=O) groups excluding carboxylic acids is 1. The summed E-state index contributed by atoms with van der Waals surface area (Å²) in [6, 6.07) is 25.5. The van der Waals surface area contributed by atoms with Crippen LogP contribution in [0.5, 0.6) is 0 Å². The average Bonchev–Trinajstić information content (AvgIpc) is 3.40. The lowest BCUT2D eigenvalue weighted by Gasteiger charge is -2.30. The van der Waals surface area contributed by atoms with Gasteiger partial charge in [-0.25, -0.2) is 16.8 Å². The van der Waals surface area contributed by atoms with Crippen LogP contribution in [0.25, 0.3) is 33.2 Å². The first-order valence-corrected chi connectivity index (χ1v) is 15.4. The molecule has 7 nitrogen and oxygen atoms in total. The molecule has 1 aliphatic heterocycles. The highest BCUT2D eigenvalue weighted by Crippen LogP contribution is 2.39. The maximum absolute atomic E-state index is 14.0. The van der Waals surface area contributed by atoms with Crippen molar-refractivity contribution in [3.8, 4) is 28.3 Å². The van der Waals surface area contributed by atoms with Gasteiger partial charge in [-0.05, 0) is 90.6 Å². The second kappa shape index (κ2) is 11.1. The minimum Gasteiger partial charge on any atom is -0.338 e. The van der Waals surface area contributed by atoms with Gasteiger partial charge in [0.2, 0.25) is 0 Å². The molecule has 1 aliphatic rings. The summed E-state index contributed by atoms with van der Waals surface area (Å²) in [5.74, 6) is -0.831. The molecule has 216 valence electrons. The molecule has 4 aromatic carbocycles. The molecule has 1 amide bonds. The summed E-state index contributed by atoms with van der Waals surface area (Å²) in [6.45, 7) is 2.93.